The first-order chi connectivity index (χ1) is 12.2. The summed E-state index contributed by atoms with van der Waals surface area (Å²) in [6, 6.07) is 17.6. The minimum absolute atomic E-state index is 0.0175. The number of rotatable bonds is 7. The maximum Gasteiger partial charge on any atom is 0.234 e. The Hall–Kier alpha value is -2.53. The molecule has 1 heterocycles. The zero-order valence-electron chi connectivity index (χ0n) is 14.5. The Bertz CT molecular complexity index is 690. The first-order valence-corrected chi connectivity index (χ1v) is 8.60. The summed E-state index contributed by atoms with van der Waals surface area (Å²) in [5, 5.41) is 3.11. The molecule has 0 saturated carbocycles. The summed E-state index contributed by atoms with van der Waals surface area (Å²) in [5.41, 5.74) is 1.05. The Morgan fingerprint density at radius 1 is 1.20 bits per heavy atom. The average Bonchev–Trinajstić information content (AvgIpc) is 2.63. The SMILES string of the molecule is CN(CCOc1ccccc1)CC(=O)NC1CCOc2ccccc21. The Kier molecular flexibility index (Phi) is 5.90. The number of hydrogen-bond donors (Lipinski definition) is 1. The van der Waals surface area contributed by atoms with Crippen LogP contribution >= 0.6 is 0 Å². The van der Waals surface area contributed by atoms with E-state index in [4.69, 9.17) is 9.47 Å². The number of hydrogen-bond acceptors (Lipinski definition) is 4. The van der Waals surface area contributed by atoms with E-state index < -0.39 is 0 Å². The molecule has 5 nitrogen and oxygen atoms in total. The number of para-hydroxylation sites is 2. The molecule has 0 bridgehead atoms. The largest absolute Gasteiger partial charge is 0.493 e. The van der Waals surface area contributed by atoms with Crippen molar-refractivity contribution in [1.29, 1.82) is 0 Å². The van der Waals surface area contributed by atoms with E-state index in [9.17, 15) is 4.79 Å². The number of likely N-dealkylation sites (N-methyl/N-ethyl adjacent to an activating group) is 1. The van der Waals surface area contributed by atoms with Crippen molar-refractivity contribution in [2.45, 2.75) is 12.5 Å². The number of nitrogens with zero attached hydrogens (tertiary/aromatic N) is 1. The highest BCUT2D eigenvalue weighted by molar-refractivity contribution is 5.78. The number of carbonyl (C=O) groups is 1. The third-order valence-electron chi connectivity index (χ3n) is 4.19. The number of ether oxygens (including phenoxy) is 2. The van der Waals surface area contributed by atoms with E-state index in [1.807, 2.05) is 66.5 Å². The summed E-state index contributed by atoms with van der Waals surface area (Å²) >= 11 is 0. The molecule has 0 aromatic heterocycles. The van der Waals surface area contributed by atoms with Gasteiger partial charge in [-0.05, 0) is 25.2 Å². The molecule has 3 rings (SSSR count). The van der Waals surface area contributed by atoms with Gasteiger partial charge in [0.1, 0.15) is 18.1 Å². The Morgan fingerprint density at radius 2 is 1.96 bits per heavy atom. The molecule has 1 unspecified atom stereocenters. The third kappa shape index (κ3) is 4.97. The summed E-state index contributed by atoms with van der Waals surface area (Å²) in [7, 11) is 1.92. The second kappa shape index (κ2) is 8.53. The van der Waals surface area contributed by atoms with Crippen LogP contribution in [0.4, 0.5) is 0 Å². The smallest absolute Gasteiger partial charge is 0.234 e. The van der Waals surface area contributed by atoms with Crippen LogP contribution in [0.15, 0.2) is 54.6 Å². The van der Waals surface area contributed by atoms with E-state index in [2.05, 4.69) is 5.32 Å². The van der Waals surface area contributed by atoms with Crippen LogP contribution in [0.3, 0.4) is 0 Å². The average molecular weight is 340 g/mol. The van der Waals surface area contributed by atoms with Crippen LogP contribution in [-0.2, 0) is 4.79 Å². The van der Waals surface area contributed by atoms with E-state index in [1.54, 1.807) is 0 Å². The van der Waals surface area contributed by atoms with E-state index in [-0.39, 0.29) is 11.9 Å². The van der Waals surface area contributed by atoms with Gasteiger partial charge in [-0.15, -0.1) is 0 Å². The van der Waals surface area contributed by atoms with Crippen LogP contribution in [0, 0.1) is 0 Å². The van der Waals surface area contributed by atoms with Crippen LogP contribution in [-0.4, -0.2) is 44.2 Å². The van der Waals surface area contributed by atoms with Gasteiger partial charge in [-0.1, -0.05) is 36.4 Å². The lowest BCUT2D eigenvalue weighted by Gasteiger charge is -2.27. The van der Waals surface area contributed by atoms with Crippen molar-refractivity contribution in [2.24, 2.45) is 0 Å². The van der Waals surface area contributed by atoms with Gasteiger partial charge in [0.25, 0.3) is 0 Å². The van der Waals surface area contributed by atoms with E-state index >= 15 is 0 Å². The summed E-state index contributed by atoms with van der Waals surface area (Å²) in [4.78, 5) is 14.3. The van der Waals surface area contributed by atoms with Gasteiger partial charge in [0.15, 0.2) is 0 Å². The van der Waals surface area contributed by atoms with E-state index in [0.717, 1.165) is 23.5 Å². The van der Waals surface area contributed by atoms with Gasteiger partial charge < -0.3 is 14.8 Å². The molecule has 132 valence electrons. The highest BCUT2D eigenvalue weighted by atomic mass is 16.5. The van der Waals surface area contributed by atoms with Crippen molar-refractivity contribution in [2.75, 3.05) is 33.4 Å². The van der Waals surface area contributed by atoms with Crippen molar-refractivity contribution >= 4 is 5.91 Å². The minimum Gasteiger partial charge on any atom is -0.493 e. The molecule has 5 heteroatoms. The molecule has 0 aliphatic carbocycles. The third-order valence-corrected chi connectivity index (χ3v) is 4.19. The van der Waals surface area contributed by atoms with Crippen molar-refractivity contribution in [3.63, 3.8) is 0 Å². The molecule has 0 saturated heterocycles. The lowest BCUT2D eigenvalue weighted by molar-refractivity contribution is -0.122. The maximum absolute atomic E-state index is 12.3. The zero-order chi connectivity index (χ0) is 17.5. The molecule has 0 fully saturated rings. The number of carbonyl (C=O) groups excluding carboxylic acids is 1. The predicted octanol–water partition coefficient (Wildman–Crippen LogP) is 2.64. The summed E-state index contributed by atoms with van der Waals surface area (Å²) < 4.78 is 11.3. The van der Waals surface area contributed by atoms with Gasteiger partial charge in [-0.25, -0.2) is 0 Å². The van der Waals surface area contributed by atoms with Gasteiger partial charge in [-0.3, -0.25) is 9.69 Å². The van der Waals surface area contributed by atoms with Gasteiger partial charge in [0, 0.05) is 18.5 Å². The van der Waals surface area contributed by atoms with Crippen molar-refractivity contribution in [3.8, 4) is 11.5 Å². The topological polar surface area (TPSA) is 50.8 Å². The number of benzene rings is 2. The van der Waals surface area contributed by atoms with Crippen LogP contribution in [0.2, 0.25) is 0 Å². The molecular weight excluding hydrogens is 316 g/mol. The summed E-state index contributed by atoms with van der Waals surface area (Å²) in [6.07, 6.45) is 0.795. The molecule has 1 amide bonds. The van der Waals surface area contributed by atoms with Crippen LogP contribution < -0.4 is 14.8 Å². The molecule has 0 spiro atoms. The standard InChI is InChI=1S/C20H24N2O3/c1-22(12-14-24-16-7-3-2-4-8-16)15-20(23)21-18-11-13-25-19-10-6-5-9-17(18)19/h2-10,18H,11-15H2,1H3,(H,21,23). The Balaban J connectivity index is 1.43. The highest BCUT2D eigenvalue weighted by Crippen LogP contribution is 2.31. The van der Waals surface area contributed by atoms with Crippen molar-refractivity contribution in [1.82, 2.24) is 10.2 Å². The minimum atomic E-state index is 0.0175. The molecule has 1 aliphatic rings. The van der Waals surface area contributed by atoms with E-state index in [0.29, 0.717) is 26.3 Å². The molecule has 25 heavy (non-hydrogen) atoms. The van der Waals surface area contributed by atoms with Gasteiger partial charge in [0.2, 0.25) is 5.91 Å². The lowest BCUT2D eigenvalue weighted by Crippen LogP contribution is -2.39. The second-order valence-electron chi connectivity index (χ2n) is 6.19. The first-order valence-electron chi connectivity index (χ1n) is 8.60. The van der Waals surface area contributed by atoms with E-state index in [1.165, 1.54) is 0 Å². The van der Waals surface area contributed by atoms with Gasteiger partial charge in [0.05, 0.1) is 19.2 Å². The van der Waals surface area contributed by atoms with Crippen LogP contribution in [0.25, 0.3) is 0 Å². The second-order valence-corrected chi connectivity index (χ2v) is 6.19. The summed E-state index contributed by atoms with van der Waals surface area (Å²) in [6.45, 7) is 2.21. The highest BCUT2D eigenvalue weighted by Gasteiger charge is 2.22. The van der Waals surface area contributed by atoms with Crippen LogP contribution in [0.1, 0.15) is 18.0 Å². The fraction of sp³-hybridized carbons (Fsp3) is 0.350. The molecule has 1 atom stereocenters. The molecule has 0 radical (unpaired) electrons. The maximum atomic E-state index is 12.3. The Morgan fingerprint density at radius 3 is 2.80 bits per heavy atom. The fourth-order valence-corrected chi connectivity index (χ4v) is 2.89. The Labute approximate surface area is 148 Å². The van der Waals surface area contributed by atoms with Crippen LogP contribution in [0.5, 0.6) is 11.5 Å². The fourth-order valence-electron chi connectivity index (χ4n) is 2.89. The molecular formula is C20H24N2O3. The van der Waals surface area contributed by atoms with Gasteiger partial charge >= 0.3 is 0 Å². The van der Waals surface area contributed by atoms with Crippen molar-refractivity contribution in [3.05, 3.63) is 60.2 Å². The zero-order valence-corrected chi connectivity index (χ0v) is 14.5. The lowest BCUT2D eigenvalue weighted by atomic mass is 10.0. The number of amides is 1. The quantitative estimate of drug-likeness (QED) is 0.842. The number of fused-ring (bicyclic) bond motifs is 1. The molecule has 1 aliphatic heterocycles. The summed E-state index contributed by atoms with van der Waals surface area (Å²) in [5.74, 6) is 1.73. The molecule has 2 aromatic carbocycles. The number of nitrogens with one attached hydrogen (secondary N) is 1. The normalized spacial score (nSPS) is 16.0. The first kappa shape index (κ1) is 17.3. The van der Waals surface area contributed by atoms with Crippen molar-refractivity contribution < 1.29 is 14.3 Å². The molecule has 1 N–H and O–H groups in total. The molecule has 2 aromatic rings. The van der Waals surface area contributed by atoms with Gasteiger partial charge in [-0.2, -0.15) is 0 Å². The monoisotopic (exact) mass is 340 g/mol. The predicted molar refractivity (Wildman–Crippen MR) is 96.9 cm³/mol.